The number of hydrogen-bond acceptors (Lipinski definition) is 1. The lowest BCUT2D eigenvalue weighted by Gasteiger charge is -2.18. The zero-order chi connectivity index (χ0) is 14.3. The van der Waals surface area contributed by atoms with E-state index in [1.165, 1.54) is 5.56 Å². The third kappa shape index (κ3) is 2.30. The van der Waals surface area contributed by atoms with Crippen molar-refractivity contribution in [3.05, 3.63) is 64.2 Å². The second-order valence-corrected chi connectivity index (χ2v) is 6.66. The molecule has 0 fully saturated rings. The summed E-state index contributed by atoms with van der Waals surface area (Å²) in [6.07, 6.45) is 0. The molecule has 1 nitrogen and oxygen atoms in total. The Labute approximate surface area is 129 Å². The van der Waals surface area contributed by atoms with Crippen LogP contribution in [0.4, 0.5) is 0 Å². The van der Waals surface area contributed by atoms with Crippen molar-refractivity contribution in [2.45, 2.75) is 24.6 Å². The van der Waals surface area contributed by atoms with Gasteiger partial charge in [-0.25, -0.2) is 0 Å². The number of benzene rings is 2. The van der Waals surface area contributed by atoms with Crippen molar-refractivity contribution in [3.8, 4) is 5.75 Å². The topological polar surface area (TPSA) is 9.23 Å². The normalized spacial score (nSPS) is 17.4. The molecule has 1 unspecified atom stereocenters. The third-order valence-corrected chi connectivity index (χ3v) is 4.62. The zero-order valence-corrected chi connectivity index (χ0v) is 13.0. The van der Waals surface area contributed by atoms with E-state index in [1.54, 1.807) is 0 Å². The highest BCUT2D eigenvalue weighted by atomic mass is 35.5. The minimum Gasteiger partial charge on any atom is -0.492 e. The van der Waals surface area contributed by atoms with Crippen molar-refractivity contribution in [2.75, 3.05) is 6.61 Å². The van der Waals surface area contributed by atoms with Gasteiger partial charge in [0.05, 0.1) is 12.0 Å². The van der Waals surface area contributed by atoms with Gasteiger partial charge in [0.25, 0.3) is 0 Å². The van der Waals surface area contributed by atoms with E-state index in [0.29, 0.717) is 11.6 Å². The molecule has 2 aromatic rings. The Bertz CT molecular complexity index is 649. The fourth-order valence-corrected chi connectivity index (χ4v) is 3.18. The van der Waals surface area contributed by atoms with Crippen LogP contribution < -0.4 is 4.74 Å². The number of fused-ring (bicyclic) bond motifs is 1. The van der Waals surface area contributed by atoms with E-state index >= 15 is 0 Å². The molecule has 0 radical (unpaired) electrons. The van der Waals surface area contributed by atoms with Gasteiger partial charge in [-0.05, 0) is 29.3 Å². The first-order valence-electron chi connectivity index (χ1n) is 6.65. The molecular weight excluding hydrogens is 291 g/mol. The van der Waals surface area contributed by atoms with E-state index in [4.69, 9.17) is 27.9 Å². The van der Waals surface area contributed by atoms with Crippen molar-refractivity contribution >= 4 is 23.2 Å². The minimum absolute atomic E-state index is 0.0302. The molecule has 2 aromatic carbocycles. The number of alkyl halides is 1. The standard InChI is InChI=1S/C17H16Cl2O/c1-17(2)10-20-15-8-7-11(9-13(15)17)16(19)12-5-3-4-6-14(12)18/h3-9,16H,10H2,1-2H3. The minimum atomic E-state index is -0.245. The summed E-state index contributed by atoms with van der Waals surface area (Å²) >= 11 is 12.8. The summed E-state index contributed by atoms with van der Waals surface area (Å²) in [6, 6.07) is 13.9. The summed E-state index contributed by atoms with van der Waals surface area (Å²) in [6.45, 7) is 5.08. The summed E-state index contributed by atoms with van der Waals surface area (Å²) in [5.41, 5.74) is 3.24. The maximum absolute atomic E-state index is 6.61. The highest BCUT2D eigenvalue weighted by molar-refractivity contribution is 6.33. The molecule has 0 aromatic heterocycles. The monoisotopic (exact) mass is 306 g/mol. The number of hydrogen-bond donors (Lipinski definition) is 0. The van der Waals surface area contributed by atoms with E-state index in [9.17, 15) is 0 Å². The molecule has 0 spiro atoms. The first kappa shape index (κ1) is 13.8. The van der Waals surface area contributed by atoms with Crippen LogP contribution in [0.1, 0.15) is 35.9 Å². The zero-order valence-electron chi connectivity index (χ0n) is 11.5. The largest absolute Gasteiger partial charge is 0.492 e. The van der Waals surface area contributed by atoms with E-state index < -0.39 is 0 Å². The molecule has 1 heterocycles. The van der Waals surface area contributed by atoms with Crippen LogP contribution in [0, 0.1) is 0 Å². The average molecular weight is 307 g/mol. The van der Waals surface area contributed by atoms with Gasteiger partial charge in [0, 0.05) is 16.0 Å². The first-order valence-corrected chi connectivity index (χ1v) is 7.46. The van der Waals surface area contributed by atoms with Crippen LogP contribution in [-0.4, -0.2) is 6.61 Å². The molecule has 1 aliphatic heterocycles. The Morgan fingerprint density at radius 2 is 1.90 bits per heavy atom. The third-order valence-electron chi connectivity index (χ3n) is 3.79. The molecule has 0 saturated carbocycles. The number of rotatable bonds is 2. The summed E-state index contributed by atoms with van der Waals surface area (Å²) in [7, 11) is 0. The molecule has 0 amide bonds. The Morgan fingerprint density at radius 1 is 1.15 bits per heavy atom. The van der Waals surface area contributed by atoms with Crippen molar-refractivity contribution in [1.29, 1.82) is 0 Å². The van der Waals surface area contributed by atoms with Gasteiger partial charge >= 0.3 is 0 Å². The van der Waals surface area contributed by atoms with E-state index in [0.717, 1.165) is 16.9 Å². The Kier molecular flexibility index (Phi) is 3.43. The SMILES string of the molecule is CC1(C)COc2ccc(C(Cl)c3ccccc3Cl)cc21. The van der Waals surface area contributed by atoms with Crippen LogP contribution >= 0.6 is 23.2 Å². The van der Waals surface area contributed by atoms with Gasteiger partial charge in [-0.2, -0.15) is 0 Å². The smallest absolute Gasteiger partial charge is 0.123 e. The van der Waals surface area contributed by atoms with E-state index in [2.05, 4.69) is 19.9 Å². The fourth-order valence-electron chi connectivity index (χ4n) is 2.56. The summed E-state index contributed by atoms with van der Waals surface area (Å²) in [5, 5.41) is 0.453. The van der Waals surface area contributed by atoms with Gasteiger partial charge in [-0.1, -0.05) is 49.7 Å². The summed E-state index contributed by atoms with van der Waals surface area (Å²) in [4.78, 5) is 0. The van der Waals surface area contributed by atoms with Gasteiger partial charge in [0.1, 0.15) is 5.75 Å². The Balaban J connectivity index is 2.02. The van der Waals surface area contributed by atoms with Crippen molar-refractivity contribution in [2.24, 2.45) is 0 Å². The van der Waals surface area contributed by atoms with Gasteiger partial charge in [-0.3, -0.25) is 0 Å². The quantitative estimate of drug-likeness (QED) is 0.681. The second-order valence-electron chi connectivity index (χ2n) is 5.81. The maximum atomic E-state index is 6.61. The molecule has 3 heteroatoms. The van der Waals surface area contributed by atoms with Crippen molar-refractivity contribution < 1.29 is 4.74 Å². The van der Waals surface area contributed by atoms with Crippen LogP contribution in [0.5, 0.6) is 5.75 Å². The fraction of sp³-hybridized carbons (Fsp3) is 0.294. The van der Waals surface area contributed by atoms with E-state index in [1.807, 2.05) is 36.4 Å². The number of halogens is 2. The summed E-state index contributed by atoms with van der Waals surface area (Å²) < 4.78 is 5.71. The Morgan fingerprint density at radius 3 is 2.65 bits per heavy atom. The van der Waals surface area contributed by atoms with E-state index in [-0.39, 0.29) is 10.8 Å². The van der Waals surface area contributed by atoms with Crippen LogP contribution in [0.15, 0.2) is 42.5 Å². The molecular formula is C17H16Cl2O. The predicted octanol–water partition coefficient (Wildman–Crippen LogP) is 5.34. The molecule has 0 N–H and O–H groups in total. The first-order chi connectivity index (χ1) is 9.49. The van der Waals surface area contributed by atoms with Crippen LogP contribution in [0.25, 0.3) is 0 Å². The van der Waals surface area contributed by atoms with Crippen molar-refractivity contribution in [3.63, 3.8) is 0 Å². The van der Waals surface area contributed by atoms with Gasteiger partial charge in [0.2, 0.25) is 0 Å². The van der Waals surface area contributed by atoms with Crippen molar-refractivity contribution in [1.82, 2.24) is 0 Å². The van der Waals surface area contributed by atoms with Crippen LogP contribution in [0.2, 0.25) is 5.02 Å². The van der Waals surface area contributed by atoms with Crippen LogP contribution in [-0.2, 0) is 5.41 Å². The number of ether oxygens (including phenoxy) is 1. The van der Waals surface area contributed by atoms with Gasteiger partial charge in [-0.15, -0.1) is 11.6 Å². The average Bonchev–Trinajstić information content (AvgIpc) is 2.74. The predicted molar refractivity (Wildman–Crippen MR) is 84.1 cm³/mol. The second kappa shape index (κ2) is 4.98. The lowest BCUT2D eigenvalue weighted by Crippen LogP contribution is -2.18. The Hall–Kier alpha value is -1.18. The lowest BCUT2D eigenvalue weighted by molar-refractivity contribution is 0.291. The van der Waals surface area contributed by atoms with Crippen LogP contribution in [0.3, 0.4) is 0 Å². The molecule has 104 valence electrons. The summed E-state index contributed by atoms with van der Waals surface area (Å²) in [5.74, 6) is 0.960. The van der Waals surface area contributed by atoms with Gasteiger partial charge in [0.15, 0.2) is 0 Å². The lowest BCUT2D eigenvalue weighted by atomic mass is 9.85. The molecule has 3 rings (SSSR count). The molecule has 0 aliphatic carbocycles. The highest BCUT2D eigenvalue weighted by Crippen LogP contribution is 2.42. The van der Waals surface area contributed by atoms with Gasteiger partial charge < -0.3 is 4.74 Å². The molecule has 0 bridgehead atoms. The molecule has 1 atom stereocenters. The maximum Gasteiger partial charge on any atom is 0.123 e. The molecule has 1 aliphatic rings. The molecule has 0 saturated heterocycles. The molecule has 20 heavy (non-hydrogen) atoms. The highest BCUT2D eigenvalue weighted by Gasteiger charge is 2.32.